The van der Waals surface area contributed by atoms with Gasteiger partial charge in [-0.3, -0.25) is 9.59 Å². The molecule has 4 amide bonds. The number of nitrogens with two attached hydrogens (primary N) is 2. The van der Waals surface area contributed by atoms with E-state index < -0.39 is 36.3 Å². The zero-order chi connectivity index (χ0) is 16.0. The maximum atomic E-state index is 11.6. The highest BCUT2D eigenvalue weighted by atomic mass is 16.4. The van der Waals surface area contributed by atoms with E-state index in [2.05, 4.69) is 10.6 Å². The first-order valence-corrected chi connectivity index (χ1v) is 5.78. The molecule has 0 aromatic heterocycles. The fraction of sp³-hybridized carbons (Fsp3) is 0.167. The molecule has 0 spiro atoms. The molecule has 1 aromatic carbocycles. The van der Waals surface area contributed by atoms with Gasteiger partial charge in [-0.2, -0.15) is 0 Å². The van der Waals surface area contributed by atoms with Crippen LogP contribution in [0.25, 0.3) is 0 Å². The molecule has 9 nitrogen and oxygen atoms in total. The van der Waals surface area contributed by atoms with Crippen molar-refractivity contribution in [1.29, 1.82) is 0 Å². The molecule has 0 saturated carbocycles. The largest absolute Gasteiger partial charge is 0.480 e. The number of nitrogens with one attached hydrogen (secondary N) is 2. The molecular weight excluding hydrogens is 280 g/mol. The van der Waals surface area contributed by atoms with E-state index in [4.69, 9.17) is 16.6 Å². The van der Waals surface area contributed by atoms with Crippen LogP contribution in [0.2, 0.25) is 0 Å². The first-order chi connectivity index (χ1) is 9.79. The van der Waals surface area contributed by atoms with Gasteiger partial charge in [-0.15, -0.1) is 0 Å². The third-order valence-corrected chi connectivity index (χ3v) is 2.44. The Morgan fingerprint density at radius 1 is 1.10 bits per heavy atom. The minimum Gasteiger partial charge on any atom is -0.480 e. The van der Waals surface area contributed by atoms with Gasteiger partial charge in [0.05, 0.1) is 6.42 Å². The molecule has 0 bridgehead atoms. The van der Waals surface area contributed by atoms with Crippen molar-refractivity contribution in [2.75, 3.05) is 5.32 Å². The van der Waals surface area contributed by atoms with E-state index >= 15 is 0 Å². The lowest BCUT2D eigenvalue weighted by molar-refractivity contribution is -0.140. The third-order valence-electron chi connectivity index (χ3n) is 2.44. The molecule has 0 fully saturated rings. The van der Waals surface area contributed by atoms with Gasteiger partial charge in [-0.05, 0) is 24.3 Å². The van der Waals surface area contributed by atoms with E-state index in [0.717, 1.165) is 0 Å². The number of benzene rings is 1. The molecule has 0 aliphatic carbocycles. The maximum absolute atomic E-state index is 11.6. The Balaban J connectivity index is 2.65. The minimum absolute atomic E-state index is 0.262. The van der Waals surface area contributed by atoms with E-state index in [0.29, 0.717) is 5.69 Å². The fourth-order valence-electron chi connectivity index (χ4n) is 1.44. The van der Waals surface area contributed by atoms with Crippen LogP contribution in [0, 0.1) is 0 Å². The van der Waals surface area contributed by atoms with E-state index in [1.54, 1.807) is 0 Å². The SMILES string of the molecule is NC(=O)C[C@H](NC(=O)Nc1ccc(C(N)=O)cc1)C(=O)O. The van der Waals surface area contributed by atoms with Crippen molar-refractivity contribution >= 4 is 29.5 Å². The van der Waals surface area contributed by atoms with E-state index in [9.17, 15) is 19.2 Å². The standard InChI is InChI=1S/C12H14N4O5/c13-9(17)5-8(11(19)20)16-12(21)15-7-3-1-6(2-4-7)10(14)18/h1-4,8H,5H2,(H2,13,17)(H2,14,18)(H,19,20)(H2,15,16,21)/t8-/m0/s1. The number of carboxylic acid groups (broad SMARTS) is 1. The highest BCUT2D eigenvalue weighted by molar-refractivity contribution is 5.95. The van der Waals surface area contributed by atoms with Gasteiger partial charge in [0, 0.05) is 11.3 Å². The zero-order valence-electron chi connectivity index (χ0n) is 10.8. The second-order valence-electron chi connectivity index (χ2n) is 4.10. The summed E-state index contributed by atoms with van der Waals surface area (Å²) in [6.45, 7) is 0. The van der Waals surface area contributed by atoms with Gasteiger partial charge in [-0.25, -0.2) is 9.59 Å². The molecule has 0 radical (unpaired) electrons. The molecule has 112 valence electrons. The Hall–Kier alpha value is -3.10. The van der Waals surface area contributed by atoms with Crippen molar-refractivity contribution in [3.63, 3.8) is 0 Å². The number of carbonyl (C=O) groups is 4. The number of rotatable bonds is 6. The minimum atomic E-state index is -1.42. The van der Waals surface area contributed by atoms with Gasteiger partial charge in [0.25, 0.3) is 0 Å². The topological polar surface area (TPSA) is 165 Å². The van der Waals surface area contributed by atoms with Crippen LogP contribution in [0.3, 0.4) is 0 Å². The number of amides is 4. The number of carbonyl (C=O) groups excluding carboxylic acids is 3. The summed E-state index contributed by atoms with van der Waals surface area (Å²) in [4.78, 5) is 44.0. The Labute approximate surface area is 119 Å². The summed E-state index contributed by atoms with van der Waals surface area (Å²) in [6, 6.07) is 3.39. The van der Waals surface area contributed by atoms with Crippen LogP contribution >= 0.6 is 0 Å². The summed E-state index contributed by atoms with van der Waals surface area (Å²) in [5.41, 5.74) is 10.5. The number of anilines is 1. The van der Waals surface area contributed by atoms with E-state index in [1.165, 1.54) is 24.3 Å². The van der Waals surface area contributed by atoms with Crippen molar-refractivity contribution in [3.05, 3.63) is 29.8 Å². The average molecular weight is 294 g/mol. The van der Waals surface area contributed by atoms with Gasteiger partial charge in [0.2, 0.25) is 11.8 Å². The molecule has 21 heavy (non-hydrogen) atoms. The molecule has 9 heteroatoms. The zero-order valence-corrected chi connectivity index (χ0v) is 10.8. The smallest absolute Gasteiger partial charge is 0.326 e. The highest BCUT2D eigenvalue weighted by Crippen LogP contribution is 2.09. The molecule has 1 rings (SSSR count). The lowest BCUT2D eigenvalue weighted by atomic mass is 10.2. The van der Waals surface area contributed by atoms with Gasteiger partial charge in [-0.1, -0.05) is 0 Å². The lowest BCUT2D eigenvalue weighted by Crippen LogP contribution is -2.45. The first kappa shape index (κ1) is 16.0. The van der Waals surface area contributed by atoms with Gasteiger partial charge in [0.1, 0.15) is 6.04 Å². The second-order valence-corrected chi connectivity index (χ2v) is 4.10. The number of hydrogen-bond donors (Lipinski definition) is 5. The number of urea groups is 1. The van der Waals surface area contributed by atoms with Crippen LogP contribution < -0.4 is 22.1 Å². The molecule has 0 unspecified atom stereocenters. The van der Waals surface area contributed by atoms with Crippen LogP contribution in [0.5, 0.6) is 0 Å². The quantitative estimate of drug-likeness (QED) is 0.464. The first-order valence-electron chi connectivity index (χ1n) is 5.78. The molecule has 7 N–H and O–H groups in total. The van der Waals surface area contributed by atoms with Crippen molar-refractivity contribution in [1.82, 2.24) is 5.32 Å². The molecule has 1 aromatic rings. The van der Waals surface area contributed by atoms with Crippen LogP contribution in [0.15, 0.2) is 24.3 Å². The maximum Gasteiger partial charge on any atom is 0.326 e. The Morgan fingerprint density at radius 3 is 2.10 bits per heavy atom. The predicted molar refractivity (Wildman–Crippen MR) is 72.3 cm³/mol. The third kappa shape index (κ3) is 5.19. The van der Waals surface area contributed by atoms with Crippen LogP contribution in [0.1, 0.15) is 16.8 Å². The summed E-state index contributed by atoms with van der Waals surface area (Å²) in [5.74, 6) is -2.85. The van der Waals surface area contributed by atoms with Crippen LogP contribution in [-0.2, 0) is 9.59 Å². The summed E-state index contributed by atoms with van der Waals surface area (Å²) in [5, 5.41) is 13.3. The number of primary amides is 2. The van der Waals surface area contributed by atoms with Crippen molar-refractivity contribution in [3.8, 4) is 0 Å². The number of carboxylic acids is 1. The summed E-state index contributed by atoms with van der Waals surface area (Å²) >= 11 is 0. The second kappa shape index (κ2) is 6.89. The van der Waals surface area contributed by atoms with Crippen molar-refractivity contribution in [2.45, 2.75) is 12.5 Å². The van der Waals surface area contributed by atoms with Crippen molar-refractivity contribution in [2.24, 2.45) is 11.5 Å². The van der Waals surface area contributed by atoms with E-state index in [-0.39, 0.29) is 5.56 Å². The fourth-order valence-corrected chi connectivity index (χ4v) is 1.44. The van der Waals surface area contributed by atoms with Crippen molar-refractivity contribution < 1.29 is 24.3 Å². The van der Waals surface area contributed by atoms with Crippen LogP contribution in [0.4, 0.5) is 10.5 Å². The normalized spacial score (nSPS) is 11.2. The van der Waals surface area contributed by atoms with Gasteiger partial charge < -0.3 is 27.2 Å². The summed E-state index contributed by atoms with van der Waals surface area (Å²) in [6.07, 6.45) is -0.524. The Kier molecular flexibility index (Phi) is 5.24. The molecule has 1 atom stereocenters. The molecule has 0 aliphatic heterocycles. The monoisotopic (exact) mass is 294 g/mol. The highest BCUT2D eigenvalue weighted by Gasteiger charge is 2.22. The molecule has 0 saturated heterocycles. The Bertz CT molecular complexity index is 570. The van der Waals surface area contributed by atoms with Crippen LogP contribution in [-0.4, -0.2) is 35.0 Å². The molecule has 0 aliphatic rings. The van der Waals surface area contributed by atoms with Gasteiger partial charge in [0.15, 0.2) is 0 Å². The summed E-state index contributed by atoms with van der Waals surface area (Å²) < 4.78 is 0. The van der Waals surface area contributed by atoms with Gasteiger partial charge >= 0.3 is 12.0 Å². The number of aliphatic carboxylic acids is 1. The predicted octanol–water partition coefficient (Wildman–Crippen LogP) is -0.764. The lowest BCUT2D eigenvalue weighted by Gasteiger charge is -2.13. The average Bonchev–Trinajstić information content (AvgIpc) is 2.37. The number of hydrogen-bond acceptors (Lipinski definition) is 4. The molecule has 0 heterocycles. The Morgan fingerprint density at radius 2 is 1.67 bits per heavy atom. The summed E-state index contributed by atoms with van der Waals surface area (Å²) in [7, 11) is 0. The molecular formula is C12H14N4O5. The van der Waals surface area contributed by atoms with E-state index in [1.807, 2.05) is 0 Å².